The molecule has 6 heteroatoms. The average Bonchev–Trinajstić information content (AvgIpc) is 2.89. The normalized spacial score (nSPS) is 14.2. The highest BCUT2D eigenvalue weighted by molar-refractivity contribution is 6.09. The number of benzene rings is 3. The van der Waals surface area contributed by atoms with Crippen molar-refractivity contribution >= 4 is 33.9 Å². The summed E-state index contributed by atoms with van der Waals surface area (Å²) in [5.74, 6) is 0.475. The van der Waals surface area contributed by atoms with Gasteiger partial charge in [0.25, 0.3) is 0 Å². The number of carbonyl (C=O) groups excluding carboxylic acids is 2. The maximum absolute atomic E-state index is 12.8. The van der Waals surface area contributed by atoms with Crippen molar-refractivity contribution in [3.63, 3.8) is 0 Å². The number of nitrogens with zero attached hydrogens (tertiary/aromatic N) is 1. The number of rotatable bonds is 6. The summed E-state index contributed by atoms with van der Waals surface area (Å²) >= 11 is 0. The van der Waals surface area contributed by atoms with Gasteiger partial charge in [-0.1, -0.05) is 24.3 Å². The molecule has 0 fully saturated rings. The lowest BCUT2D eigenvalue weighted by Crippen LogP contribution is -2.30. The highest BCUT2D eigenvalue weighted by Gasteiger charge is 2.32. The van der Waals surface area contributed by atoms with Crippen molar-refractivity contribution in [3.8, 4) is 16.9 Å². The summed E-state index contributed by atoms with van der Waals surface area (Å²) in [6.45, 7) is 11.9. The summed E-state index contributed by atoms with van der Waals surface area (Å²) in [6.07, 6.45) is 2.79. The molecular formula is C33H35NO5. The minimum Gasteiger partial charge on any atom is -0.493 e. The van der Waals surface area contributed by atoms with Gasteiger partial charge in [0.1, 0.15) is 24.7 Å². The first-order valence-corrected chi connectivity index (χ1v) is 13.4. The van der Waals surface area contributed by atoms with E-state index in [9.17, 15) is 9.59 Å². The van der Waals surface area contributed by atoms with Gasteiger partial charge in [0.2, 0.25) is 0 Å². The Morgan fingerprint density at radius 2 is 1.85 bits per heavy atom. The van der Waals surface area contributed by atoms with Crippen LogP contribution in [-0.4, -0.2) is 36.1 Å². The molecule has 6 nitrogen and oxygen atoms in total. The van der Waals surface area contributed by atoms with Crippen LogP contribution >= 0.6 is 0 Å². The van der Waals surface area contributed by atoms with Crippen LogP contribution in [0, 0.1) is 5.41 Å². The van der Waals surface area contributed by atoms with E-state index in [0.717, 1.165) is 51.3 Å². The lowest BCUT2D eigenvalue weighted by atomic mass is 9.85. The molecule has 1 aliphatic heterocycles. The molecule has 1 aromatic heterocycles. The van der Waals surface area contributed by atoms with Gasteiger partial charge in [-0.3, -0.25) is 14.6 Å². The van der Waals surface area contributed by atoms with Crippen molar-refractivity contribution in [1.82, 2.24) is 4.98 Å². The molecule has 3 aromatic carbocycles. The fourth-order valence-corrected chi connectivity index (χ4v) is 5.19. The van der Waals surface area contributed by atoms with Crippen LogP contribution in [0.5, 0.6) is 5.75 Å². The van der Waals surface area contributed by atoms with E-state index in [-0.39, 0.29) is 12.6 Å². The van der Waals surface area contributed by atoms with E-state index in [1.165, 1.54) is 5.56 Å². The average molecular weight is 526 g/mol. The Balaban J connectivity index is 1.82. The first-order chi connectivity index (χ1) is 18.5. The lowest BCUT2D eigenvalue weighted by Gasteiger charge is -2.31. The molecule has 1 atom stereocenters. The smallest absolute Gasteiger partial charge is 0.311 e. The molecule has 0 radical (unpaired) electrons. The predicted molar refractivity (Wildman–Crippen MR) is 153 cm³/mol. The molecule has 0 saturated heterocycles. The summed E-state index contributed by atoms with van der Waals surface area (Å²) in [5.41, 5.74) is 3.63. The van der Waals surface area contributed by atoms with Gasteiger partial charge in [0, 0.05) is 34.7 Å². The second-order valence-electron chi connectivity index (χ2n) is 12.1. The zero-order chi connectivity index (χ0) is 27.9. The third-order valence-electron chi connectivity index (χ3n) is 6.88. The molecule has 0 bridgehead atoms. The van der Waals surface area contributed by atoms with E-state index in [0.29, 0.717) is 17.7 Å². The number of aldehydes is 1. The van der Waals surface area contributed by atoms with E-state index >= 15 is 0 Å². The Kier molecular flexibility index (Phi) is 6.93. The SMILES string of the molecule is CC(C)(C)O[C@H](COC(=O)C(C)(C)C)c1c(C=O)cc2ccccc2c1-c1ccc2c3c(ccnc13)CCO2. The Bertz CT molecular complexity index is 1570. The van der Waals surface area contributed by atoms with E-state index in [1.54, 1.807) is 0 Å². The Hall–Kier alpha value is -3.77. The third-order valence-corrected chi connectivity index (χ3v) is 6.88. The van der Waals surface area contributed by atoms with Crippen LogP contribution in [0.25, 0.3) is 32.8 Å². The zero-order valence-electron chi connectivity index (χ0n) is 23.5. The number of esters is 1. The topological polar surface area (TPSA) is 74.7 Å². The molecule has 0 N–H and O–H groups in total. The van der Waals surface area contributed by atoms with Crippen molar-refractivity contribution in [1.29, 1.82) is 0 Å². The van der Waals surface area contributed by atoms with Crippen molar-refractivity contribution < 1.29 is 23.8 Å². The zero-order valence-corrected chi connectivity index (χ0v) is 23.5. The molecule has 202 valence electrons. The third kappa shape index (κ3) is 5.26. The molecule has 0 amide bonds. The standard InChI is InChI=1S/C33H35NO5/c1-32(2,3)31(36)38-19-26(39-33(4,5)6)27-22(18-35)17-21-9-7-8-10-23(21)29(27)24-11-12-25-28-20(14-16-37-25)13-15-34-30(24)28/h7-13,15,17-18,26H,14,16,19H2,1-6H3/t26-/m1/s1. The fraction of sp³-hybridized carbons (Fsp3) is 0.364. The maximum atomic E-state index is 12.8. The van der Waals surface area contributed by atoms with Gasteiger partial charge < -0.3 is 14.2 Å². The van der Waals surface area contributed by atoms with Gasteiger partial charge in [-0.25, -0.2) is 0 Å². The molecule has 1 aliphatic rings. The Morgan fingerprint density at radius 1 is 1.08 bits per heavy atom. The molecule has 0 aliphatic carbocycles. The molecule has 0 saturated carbocycles. The number of ether oxygens (including phenoxy) is 3. The van der Waals surface area contributed by atoms with Crippen molar-refractivity contribution in [2.45, 2.75) is 59.7 Å². The monoisotopic (exact) mass is 525 g/mol. The highest BCUT2D eigenvalue weighted by Crippen LogP contribution is 2.45. The second-order valence-corrected chi connectivity index (χ2v) is 12.1. The fourth-order valence-electron chi connectivity index (χ4n) is 5.19. The van der Waals surface area contributed by atoms with Crippen LogP contribution in [0.3, 0.4) is 0 Å². The summed E-state index contributed by atoms with van der Waals surface area (Å²) in [6, 6.07) is 15.9. The first-order valence-electron chi connectivity index (χ1n) is 13.4. The minimum absolute atomic E-state index is 0.0304. The number of pyridine rings is 1. The minimum atomic E-state index is -0.696. The number of carbonyl (C=O) groups is 2. The van der Waals surface area contributed by atoms with Crippen LogP contribution in [0.2, 0.25) is 0 Å². The molecular weight excluding hydrogens is 490 g/mol. The van der Waals surface area contributed by atoms with Crippen LogP contribution in [0.1, 0.15) is 69.1 Å². The van der Waals surface area contributed by atoms with Crippen molar-refractivity contribution in [3.05, 3.63) is 71.4 Å². The molecule has 4 aromatic rings. The summed E-state index contributed by atoms with van der Waals surface area (Å²) < 4.78 is 18.3. The van der Waals surface area contributed by atoms with Gasteiger partial charge >= 0.3 is 5.97 Å². The first kappa shape index (κ1) is 26.8. The van der Waals surface area contributed by atoms with Gasteiger partial charge in [-0.05, 0) is 87.7 Å². The second kappa shape index (κ2) is 10.1. The van der Waals surface area contributed by atoms with E-state index in [1.807, 2.05) is 96.3 Å². The Labute approximate surface area is 229 Å². The number of hydrogen-bond donors (Lipinski definition) is 0. The molecule has 0 unspecified atom stereocenters. The summed E-state index contributed by atoms with van der Waals surface area (Å²) in [5, 5.41) is 2.87. The predicted octanol–water partition coefficient (Wildman–Crippen LogP) is 7.25. The van der Waals surface area contributed by atoms with Crippen LogP contribution in [0.4, 0.5) is 0 Å². The maximum Gasteiger partial charge on any atom is 0.311 e. The largest absolute Gasteiger partial charge is 0.493 e. The number of fused-ring (bicyclic) bond motifs is 1. The summed E-state index contributed by atoms with van der Waals surface area (Å²) in [4.78, 5) is 30.3. The van der Waals surface area contributed by atoms with Crippen molar-refractivity contribution in [2.75, 3.05) is 13.2 Å². The van der Waals surface area contributed by atoms with Crippen LogP contribution in [-0.2, 0) is 20.7 Å². The highest BCUT2D eigenvalue weighted by atomic mass is 16.6. The molecule has 2 heterocycles. The van der Waals surface area contributed by atoms with E-state index in [4.69, 9.17) is 19.2 Å². The van der Waals surface area contributed by atoms with Gasteiger partial charge in [0.15, 0.2) is 0 Å². The quantitative estimate of drug-likeness (QED) is 0.195. The van der Waals surface area contributed by atoms with E-state index in [2.05, 4.69) is 0 Å². The molecule has 0 spiro atoms. The van der Waals surface area contributed by atoms with Gasteiger partial charge in [-0.2, -0.15) is 0 Å². The lowest BCUT2D eigenvalue weighted by molar-refractivity contribution is -0.161. The number of hydrogen-bond acceptors (Lipinski definition) is 6. The van der Waals surface area contributed by atoms with Gasteiger partial charge in [-0.15, -0.1) is 0 Å². The number of aromatic nitrogens is 1. The Morgan fingerprint density at radius 3 is 2.56 bits per heavy atom. The van der Waals surface area contributed by atoms with Crippen LogP contribution < -0.4 is 4.74 Å². The molecule has 5 rings (SSSR count). The van der Waals surface area contributed by atoms with Crippen molar-refractivity contribution in [2.24, 2.45) is 5.41 Å². The van der Waals surface area contributed by atoms with Crippen LogP contribution in [0.15, 0.2) is 54.7 Å². The van der Waals surface area contributed by atoms with E-state index < -0.39 is 17.1 Å². The molecule has 39 heavy (non-hydrogen) atoms. The van der Waals surface area contributed by atoms with Gasteiger partial charge in [0.05, 0.1) is 23.1 Å². The summed E-state index contributed by atoms with van der Waals surface area (Å²) in [7, 11) is 0.